The Morgan fingerprint density at radius 3 is 2.44 bits per heavy atom. The zero-order valence-corrected chi connectivity index (χ0v) is 15.1. The van der Waals surface area contributed by atoms with Crippen molar-refractivity contribution in [1.29, 1.82) is 0 Å². The minimum atomic E-state index is -1.82. The van der Waals surface area contributed by atoms with E-state index in [2.05, 4.69) is 29.1 Å². The van der Waals surface area contributed by atoms with Crippen LogP contribution in [0.25, 0.3) is 0 Å². The van der Waals surface area contributed by atoms with Gasteiger partial charge in [-0.1, -0.05) is 38.1 Å². The van der Waals surface area contributed by atoms with Gasteiger partial charge in [0.1, 0.15) is 18.8 Å². The number of amides is 1. The van der Waals surface area contributed by atoms with Crippen LogP contribution in [0.1, 0.15) is 46.0 Å². The van der Waals surface area contributed by atoms with Crippen LogP contribution in [-0.4, -0.2) is 71.2 Å². The number of carbonyl (C=O) groups excluding carboxylic acids is 1. The van der Waals surface area contributed by atoms with E-state index in [1.165, 1.54) is 12.8 Å². The molecule has 9 nitrogen and oxygen atoms in total. The Hall–Kier alpha value is -0.810. The Bertz CT molecular complexity index is 331. The average Bonchev–Trinajstić information content (AvgIpc) is 2.63. The molecule has 0 aliphatic rings. The zero-order chi connectivity index (χ0) is 19.1. The molecule has 0 aromatic rings. The molecule has 1 amide bonds. The molecule has 9 heteroatoms. The molecule has 0 fully saturated rings. The summed E-state index contributed by atoms with van der Waals surface area (Å²) in [7, 11) is 0. The standard InChI is InChI=1S/C16H33NO8/c1-3-5-7-12(4-2)10-23-9-6-8-17-16(21)15(20)14(19)13(18)11-24-25-22/h12-15,18-20,22H,3-11H2,1-2H3,(H,17,21)/t12?,13-,14-,15-/m1/s1. The summed E-state index contributed by atoms with van der Waals surface area (Å²) in [5.74, 6) is -0.260. The molecule has 25 heavy (non-hydrogen) atoms. The quantitative estimate of drug-likeness (QED) is 0.148. The summed E-state index contributed by atoms with van der Waals surface area (Å²) in [6.07, 6.45) is -0.0142. The first-order valence-electron chi connectivity index (χ1n) is 8.80. The van der Waals surface area contributed by atoms with E-state index < -0.39 is 30.8 Å². The first-order valence-corrected chi connectivity index (χ1v) is 8.80. The predicted octanol–water partition coefficient (Wildman–Crippen LogP) is 0.230. The lowest BCUT2D eigenvalue weighted by atomic mass is 10.0. The van der Waals surface area contributed by atoms with Gasteiger partial charge in [0, 0.05) is 19.8 Å². The van der Waals surface area contributed by atoms with Gasteiger partial charge in [-0.05, 0) is 18.8 Å². The molecule has 0 aromatic carbocycles. The number of rotatable bonds is 16. The third-order valence-electron chi connectivity index (χ3n) is 3.94. The summed E-state index contributed by atoms with van der Waals surface area (Å²) in [5.41, 5.74) is 0. The summed E-state index contributed by atoms with van der Waals surface area (Å²) in [6.45, 7) is 5.17. The lowest BCUT2D eigenvalue weighted by Gasteiger charge is -2.21. The third kappa shape index (κ3) is 11.4. The van der Waals surface area contributed by atoms with Crippen molar-refractivity contribution in [2.24, 2.45) is 5.92 Å². The normalized spacial score (nSPS) is 16.2. The number of unbranched alkanes of at least 4 members (excludes halogenated alkanes) is 1. The van der Waals surface area contributed by atoms with E-state index in [-0.39, 0.29) is 6.54 Å². The summed E-state index contributed by atoms with van der Waals surface area (Å²) in [6, 6.07) is 0. The number of carbonyl (C=O) groups is 1. The summed E-state index contributed by atoms with van der Waals surface area (Å²) in [4.78, 5) is 15.7. The smallest absolute Gasteiger partial charge is 0.251 e. The summed E-state index contributed by atoms with van der Waals surface area (Å²) >= 11 is 0. The van der Waals surface area contributed by atoms with Crippen LogP contribution in [0.2, 0.25) is 0 Å². The molecule has 5 N–H and O–H groups in total. The summed E-state index contributed by atoms with van der Waals surface area (Å²) in [5, 5.41) is 42.3. The fraction of sp³-hybridized carbons (Fsp3) is 0.938. The molecule has 0 rings (SSSR count). The second kappa shape index (κ2) is 15.4. The van der Waals surface area contributed by atoms with Crippen LogP contribution in [0.3, 0.4) is 0 Å². The Balaban J connectivity index is 3.84. The van der Waals surface area contributed by atoms with Crippen molar-refractivity contribution in [2.45, 2.75) is 64.3 Å². The maximum Gasteiger partial charge on any atom is 0.251 e. The molecule has 0 bridgehead atoms. The second-order valence-electron chi connectivity index (χ2n) is 6.00. The average molecular weight is 367 g/mol. The maximum absolute atomic E-state index is 11.7. The van der Waals surface area contributed by atoms with E-state index in [1.54, 1.807) is 0 Å². The van der Waals surface area contributed by atoms with Gasteiger partial charge in [0.25, 0.3) is 5.91 Å². The van der Waals surface area contributed by atoms with E-state index in [0.717, 1.165) is 12.8 Å². The third-order valence-corrected chi connectivity index (χ3v) is 3.94. The zero-order valence-electron chi connectivity index (χ0n) is 15.1. The van der Waals surface area contributed by atoms with E-state index in [9.17, 15) is 20.1 Å². The molecule has 0 aliphatic carbocycles. The van der Waals surface area contributed by atoms with Gasteiger partial charge in [-0.25, -0.2) is 10.1 Å². The molecule has 0 aromatic heterocycles. The highest BCUT2D eigenvalue weighted by Crippen LogP contribution is 2.12. The SMILES string of the molecule is CCCCC(CC)COCCCNC(=O)[C@H](O)[C@H](O)[C@H](O)COOO. The summed E-state index contributed by atoms with van der Waals surface area (Å²) < 4.78 is 5.60. The highest BCUT2D eigenvalue weighted by atomic mass is 17.5. The van der Waals surface area contributed by atoms with Gasteiger partial charge in [-0.15, -0.1) is 0 Å². The lowest BCUT2D eigenvalue weighted by molar-refractivity contribution is -0.495. The van der Waals surface area contributed by atoms with Crippen molar-refractivity contribution in [3.8, 4) is 0 Å². The Morgan fingerprint density at radius 2 is 1.84 bits per heavy atom. The largest absolute Gasteiger partial charge is 0.388 e. The lowest BCUT2D eigenvalue weighted by Crippen LogP contribution is -2.48. The molecule has 0 saturated heterocycles. The molecule has 0 radical (unpaired) electrons. The van der Waals surface area contributed by atoms with Gasteiger partial charge in [0.05, 0.1) is 0 Å². The topological polar surface area (TPSA) is 138 Å². The van der Waals surface area contributed by atoms with Crippen LogP contribution in [0, 0.1) is 5.92 Å². The first-order chi connectivity index (χ1) is 12.0. The van der Waals surface area contributed by atoms with Crippen LogP contribution in [-0.2, 0) is 19.5 Å². The van der Waals surface area contributed by atoms with Crippen molar-refractivity contribution in [1.82, 2.24) is 5.32 Å². The fourth-order valence-corrected chi connectivity index (χ4v) is 2.20. The van der Waals surface area contributed by atoms with Crippen LogP contribution in [0.4, 0.5) is 0 Å². The van der Waals surface area contributed by atoms with Gasteiger partial charge in [-0.2, -0.15) is 0 Å². The van der Waals surface area contributed by atoms with E-state index in [4.69, 9.17) is 9.99 Å². The van der Waals surface area contributed by atoms with Gasteiger partial charge in [0.15, 0.2) is 6.10 Å². The molecule has 4 atom stereocenters. The Kier molecular flexibility index (Phi) is 14.9. The number of ether oxygens (including phenoxy) is 1. The van der Waals surface area contributed by atoms with Crippen LogP contribution in [0.15, 0.2) is 0 Å². The van der Waals surface area contributed by atoms with E-state index in [0.29, 0.717) is 25.6 Å². The molecule has 0 spiro atoms. The van der Waals surface area contributed by atoms with Crippen molar-refractivity contribution in [3.05, 3.63) is 0 Å². The van der Waals surface area contributed by atoms with Crippen LogP contribution < -0.4 is 5.32 Å². The molecule has 150 valence electrons. The van der Waals surface area contributed by atoms with Gasteiger partial charge < -0.3 is 25.4 Å². The molecule has 0 saturated carbocycles. The van der Waals surface area contributed by atoms with Crippen molar-refractivity contribution >= 4 is 5.91 Å². The van der Waals surface area contributed by atoms with Crippen molar-refractivity contribution in [2.75, 3.05) is 26.4 Å². The van der Waals surface area contributed by atoms with Crippen LogP contribution >= 0.6 is 0 Å². The fourth-order valence-electron chi connectivity index (χ4n) is 2.20. The molecule has 0 aliphatic heterocycles. The monoisotopic (exact) mass is 367 g/mol. The minimum Gasteiger partial charge on any atom is -0.388 e. The second-order valence-corrected chi connectivity index (χ2v) is 6.00. The minimum absolute atomic E-state index is 0.278. The Morgan fingerprint density at radius 1 is 1.12 bits per heavy atom. The van der Waals surface area contributed by atoms with Gasteiger partial charge >= 0.3 is 0 Å². The number of hydrogen-bond donors (Lipinski definition) is 5. The molecular formula is C16H33NO8. The maximum atomic E-state index is 11.7. The molecule has 1 unspecified atom stereocenters. The number of aliphatic hydroxyl groups is 3. The number of nitrogens with one attached hydrogen (secondary N) is 1. The van der Waals surface area contributed by atoms with Gasteiger partial charge in [0.2, 0.25) is 0 Å². The van der Waals surface area contributed by atoms with Crippen molar-refractivity contribution in [3.63, 3.8) is 0 Å². The highest BCUT2D eigenvalue weighted by Gasteiger charge is 2.30. The van der Waals surface area contributed by atoms with Crippen LogP contribution in [0.5, 0.6) is 0 Å². The van der Waals surface area contributed by atoms with Crippen molar-refractivity contribution < 1.29 is 40.0 Å². The van der Waals surface area contributed by atoms with E-state index >= 15 is 0 Å². The number of hydrogen-bond acceptors (Lipinski definition) is 8. The Labute approximate surface area is 148 Å². The first kappa shape index (κ1) is 24.2. The molecular weight excluding hydrogens is 334 g/mol. The number of aliphatic hydroxyl groups excluding tert-OH is 3. The van der Waals surface area contributed by atoms with E-state index in [1.807, 2.05) is 0 Å². The van der Waals surface area contributed by atoms with Gasteiger partial charge in [-0.3, -0.25) is 4.79 Å². The predicted molar refractivity (Wildman–Crippen MR) is 89.4 cm³/mol. The molecule has 0 heterocycles. The highest BCUT2D eigenvalue weighted by molar-refractivity contribution is 5.81.